The third-order valence-corrected chi connectivity index (χ3v) is 2.22. The second-order valence-electron chi connectivity index (χ2n) is 2.50. The molecule has 0 saturated carbocycles. The fraction of sp³-hybridized carbons (Fsp3) is 0.143. The Balaban J connectivity index is 0.00000225. The Bertz CT molecular complexity index is 397. The average Bonchev–Trinajstić information content (AvgIpc) is 1.99. The molecule has 0 aromatic heterocycles. The maximum atomic E-state index is 12.8. The maximum Gasteiger partial charge on any atom is 1.00 e. The first-order chi connectivity index (χ1) is 6.73. The van der Waals surface area contributed by atoms with Crippen LogP contribution in [0.5, 0.6) is 0 Å². The molecule has 1 rings (SSSR count). The summed E-state index contributed by atoms with van der Waals surface area (Å²) >= 11 is -3.25. The predicted octanol–water partition coefficient (Wildman–Crippen LogP) is -0.774. The third-order valence-electron chi connectivity index (χ3n) is 1.49. The van der Waals surface area contributed by atoms with Crippen LogP contribution in [-0.2, 0) is 17.3 Å². The maximum absolute atomic E-state index is 12.8. The van der Waals surface area contributed by atoms with Crippen LogP contribution in [0.3, 0.4) is 0 Å². The van der Waals surface area contributed by atoms with Crippen LogP contribution >= 0.6 is 0 Å². The summed E-state index contributed by atoms with van der Waals surface area (Å²) in [6.07, 6.45) is -4.93. The topological polar surface area (TPSA) is 40.1 Å². The van der Waals surface area contributed by atoms with Gasteiger partial charge in [-0.1, -0.05) is 0 Å². The number of benzene rings is 1. The SMILES string of the molecule is O=S([O-])c1c(F)cc(C(F)(F)F)cc1F.[Li+]. The largest absolute Gasteiger partial charge is 1.00 e. The third kappa shape index (κ3) is 3.28. The van der Waals surface area contributed by atoms with Gasteiger partial charge in [-0.3, -0.25) is 4.21 Å². The van der Waals surface area contributed by atoms with Crippen LogP contribution in [0.1, 0.15) is 5.56 Å². The van der Waals surface area contributed by atoms with E-state index in [-0.39, 0.29) is 31.0 Å². The quantitative estimate of drug-likeness (QED) is 0.374. The minimum Gasteiger partial charge on any atom is -0.768 e. The molecule has 0 heterocycles. The second-order valence-corrected chi connectivity index (χ2v) is 3.38. The van der Waals surface area contributed by atoms with Crippen molar-refractivity contribution >= 4 is 11.1 Å². The monoisotopic (exact) mass is 252 g/mol. The molecule has 2 nitrogen and oxygen atoms in total. The van der Waals surface area contributed by atoms with Gasteiger partial charge in [0.1, 0.15) is 11.6 Å². The molecule has 1 atom stereocenters. The van der Waals surface area contributed by atoms with Crippen LogP contribution in [-0.4, -0.2) is 8.76 Å². The summed E-state index contributed by atoms with van der Waals surface area (Å²) in [5, 5.41) is 0. The van der Waals surface area contributed by atoms with Gasteiger partial charge in [0.2, 0.25) is 0 Å². The molecule has 1 aromatic carbocycles. The van der Waals surface area contributed by atoms with Gasteiger partial charge in [-0.05, 0) is 23.2 Å². The summed E-state index contributed by atoms with van der Waals surface area (Å²) in [7, 11) is 0. The number of halogens is 5. The molecular weight excluding hydrogens is 250 g/mol. The fourth-order valence-electron chi connectivity index (χ4n) is 0.883. The van der Waals surface area contributed by atoms with Crippen LogP contribution in [0.15, 0.2) is 17.0 Å². The molecule has 0 fully saturated rings. The zero-order valence-electron chi connectivity index (χ0n) is 7.77. The fourth-order valence-corrected chi connectivity index (χ4v) is 1.32. The average molecular weight is 252 g/mol. The van der Waals surface area contributed by atoms with Gasteiger partial charge in [-0.15, -0.1) is 0 Å². The second kappa shape index (κ2) is 5.27. The molecule has 0 aliphatic heterocycles. The molecule has 0 spiro atoms. The number of rotatable bonds is 1. The number of hydrogen-bond donors (Lipinski definition) is 0. The number of hydrogen-bond acceptors (Lipinski definition) is 2. The number of alkyl halides is 3. The molecule has 0 aliphatic rings. The van der Waals surface area contributed by atoms with Crippen molar-refractivity contribution in [2.24, 2.45) is 0 Å². The zero-order valence-corrected chi connectivity index (χ0v) is 8.59. The Hall–Kier alpha value is -0.423. The van der Waals surface area contributed by atoms with Crippen LogP contribution in [0.2, 0.25) is 0 Å². The van der Waals surface area contributed by atoms with E-state index in [9.17, 15) is 30.7 Å². The van der Waals surface area contributed by atoms with E-state index in [0.29, 0.717) is 0 Å². The van der Waals surface area contributed by atoms with Gasteiger partial charge in [-0.25, -0.2) is 8.78 Å². The van der Waals surface area contributed by atoms with Gasteiger partial charge in [0.05, 0.1) is 10.5 Å². The van der Waals surface area contributed by atoms with Gasteiger partial charge >= 0.3 is 25.0 Å². The van der Waals surface area contributed by atoms with Crippen molar-refractivity contribution < 1.29 is 49.6 Å². The molecule has 0 radical (unpaired) electrons. The van der Waals surface area contributed by atoms with Crippen molar-refractivity contribution in [1.82, 2.24) is 0 Å². The molecule has 1 aromatic rings. The van der Waals surface area contributed by atoms with E-state index >= 15 is 0 Å². The zero-order chi connectivity index (χ0) is 11.8. The van der Waals surface area contributed by atoms with E-state index in [2.05, 4.69) is 0 Å². The van der Waals surface area contributed by atoms with Crippen LogP contribution in [0.4, 0.5) is 22.0 Å². The van der Waals surface area contributed by atoms with E-state index < -0.39 is 39.4 Å². The molecule has 0 amide bonds. The minimum absolute atomic E-state index is 0. The van der Waals surface area contributed by atoms with Crippen molar-refractivity contribution in [3.8, 4) is 0 Å². The van der Waals surface area contributed by atoms with Crippen molar-refractivity contribution in [3.05, 3.63) is 29.3 Å². The Kier molecular flexibility index (Phi) is 5.13. The smallest absolute Gasteiger partial charge is 0.768 e. The van der Waals surface area contributed by atoms with Crippen LogP contribution in [0, 0.1) is 11.6 Å². The molecule has 0 saturated heterocycles. The van der Waals surface area contributed by atoms with Crippen molar-refractivity contribution in [2.75, 3.05) is 0 Å². The van der Waals surface area contributed by atoms with Crippen molar-refractivity contribution in [2.45, 2.75) is 11.1 Å². The van der Waals surface area contributed by atoms with Crippen molar-refractivity contribution in [3.63, 3.8) is 0 Å². The summed E-state index contributed by atoms with van der Waals surface area (Å²) in [5.74, 6) is -3.54. The minimum atomic E-state index is -4.93. The van der Waals surface area contributed by atoms with Crippen LogP contribution in [0.25, 0.3) is 0 Å². The first-order valence-corrected chi connectivity index (χ1v) is 4.46. The van der Waals surface area contributed by atoms with Gasteiger partial charge in [0.15, 0.2) is 0 Å². The Labute approximate surface area is 101 Å². The summed E-state index contributed by atoms with van der Waals surface area (Å²) < 4.78 is 82.0. The normalized spacial score (nSPS) is 13.1. The molecule has 16 heavy (non-hydrogen) atoms. The molecule has 0 aliphatic carbocycles. The van der Waals surface area contributed by atoms with E-state index in [4.69, 9.17) is 0 Å². The first-order valence-electron chi connectivity index (χ1n) is 3.39. The molecule has 9 heteroatoms. The van der Waals surface area contributed by atoms with E-state index in [1.807, 2.05) is 0 Å². The van der Waals surface area contributed by atoms with Gasteiger partial charge in [0, 0.05) is 0 Å². The summed E-state index contributed by atoms with van der Waals surface area (Å²) in [6, 6.07) is -0.150. The molecule has 84 valence electrons. The Morgan fingerprint density at radius 2 is 1.50 bits per heavy atom. The van der Waals surface area contributed by atoms with Crippen LogP contribution < -0.4 is 18.9 Å². The summed E-state index contributed by atoms with van der Waals surface area (Å²) in [6.45, 7) is 0. The van der Waals surface area contributed by atoms with E-state index in [1.165, 1.54) is 0 Å². The Morgan fingerprint density at radius 1 is 1.12 bits per heavy atom. The van der Waals surface area contributed by atoms with Gasteiger partial charge in [-0.2, -0.15) is 13.2 Å². The standard InChI is InChI=1S/C7H3F5O2S.Li/c8-4-1-3(7(10,11)12)2-5(9)6(4)15(13)14;/h1-2H,(H,13,14);/q;+1/p-1. The van der Waals surface area contributed by atoms with Gasteiger partial charge in [0.25, 0.3) is 0 Å². The molecular formula is C7H2F5LiO2S. The molecule has 1 unspecified atom stereocenters. The molecule has 0 bridgehead atoms. The predicted molar refractivity (Wildman–Crippen MR) is 38.5 cm³/mol. The Morgan fingerprint density at radius 3 is 1.75 bits per heavy atom. The van der Waals surface area contributed by atoms with Crippen molar-refractivity contribution in [1.29, 1.82) is 0 Å². The summed E-state index contributed by atoms with van der Waals surface area (Å²) in [4.78, 5) is -1.40. The first kappa shape index (κ1) is 15.6. The van der Waals surface area contributed by atoms with Gasteiger partial charge < -0.3 is 4.55 Å². The van der Waals surface area contributed by atoms with E-state index in [1.54, 1.807) is 0 Å². The summed E-state index contributed by atoms with van der Waals surface area (Å²) in [5.41, 5.74) is -1.58. The molecule has 0 N–H and O–H groups in total. The van der Waals surface area contributed by atoms with E-state index in [0.717, 1.165) is 0 Å².